The normalized spacial score (nSPS) is 10.4. The summed E-state index contributed by atoms with van der Waals surface area (Å²) in [6, 6.07) is 7.74. The largest absolute Gasteiger partial charge is 0.481 e. The molecule has 1 aromatic heterocycles. The van der Waals surface area contributed by atoms with Crippen LogP contribution in [0.2, 0.25) is 0 Å². The summed E-state index contributed by atoms with van der Waals surface area (Å²) in [5, 5.41) is 11.9. The van der Waals surface area contributed by atoms with Crippen molar-refractivity contribution in [1.82, 2.24) is 10.3 Å². The maximum atomic E-state index is 13.5. The van der Waals surface area contributed by atoms with Gasteiger partial charge in [0.15, 0.2) is 0 Å². The number of halogens is 1. The van der Waals surface area contributed by atoms with Crippen LogP contribution in [-0.2, 0) is 13.1 Å². The number of aromatic carboxylic acids is 1. The lowest BCUT2D eigenvalue weighted by Crippen LogP contribution is -2.13. The lowest BCUT2D eigenvalue weighted by molar-refractivity contribution is 0.0692. The molecule has 0 unspecified atom stereocenters. The Balaban J connectivity index is 1.94. The molecule has 6 heteroatoms. The van der Waals surface area contributed by atoms with E-state index in [0.717, 1.165) is 5.56 Å². The van der Waals surface area contributed by atoms with E-state index in [2.05, 4.69) is 10.3 Å². The van der Waals surface area contributed by atoms with Gasteiger partial charge in [-0.3, -0.25) is 0 Å². The van der Waals surface area contributed by atoms with Gasteiger partial charge < -0.3 is 15.2 Å². The minimum Gasteiger partial charge on any atom is -0.481 e. The van der Waals surface area contributed by atoms with Gasteiger partial charge in [0, 0.05) is 25.4 Å². The van der Waals surface area contributed by atoms with Crippen LogP contribution in [0, 0.1) is 5.82 Å². The first kappa shape index (κ1) is 14.9. The summed E-state index contributed by atoms with van der Waals surface area (Å²) in [6.45, 7) is 1.00. The number of carboxylic acid groups (broad SMARTS) is 1. The molecule has 0 aliphatic rings. The van der Waals surface area contributed by atoms with Crippen molar-refractivity contribution in [2.45, 2.75) is 13.1 Å². The van der Waals surface area contributed by atoms with Gasteiger partial charge in [0.05, 0.1) is 12.7 Å². The van der Waals surface area contributed by atoms with E-state index in [9.17, 15) is 9.18 Å². The van der Waals surface area contributed by atoms with Gasteiger partial charge in [0.1, 0.15) is 5.82 Å². The Bertz CT molecular complexity index is 647. The van der Waals surface area contributed by atoms with Crippen molar-refractivity contribution in [3.05, 3.63) is 59.0 Å². The number of aromatic nitrogens is 1. The fourth-order valence-electron chi connectivity index (χ4n) is 1.87. The third kappa shape index (κ3) is 4.00. The van der Waals surface area contributed by atoms with Crippen molar-refractivity contribution in [2.24, 2.45) is 0 Å². The smallest absolute Gasteiger partial charge is 0.338 e. The van der Waals surface area contributed by atoms with Gasteiger partial charge in [-0.2, -0.15) is 0 Å². The van der Waals surface area contributed by atoms with Gasteiger partial charge in [-0.1, -0.05) is 6.07 Å². The van der Waals surface area contributed by atoms with E-state index in [4.69, 9.17) is 9.84 Å². The maximum Gasteiger partial charge on any atom is 0.338 e. The van der Waals surface area contributed by atoms with Gasteiger partial charge in [-0.15, -0.1) is 0 Å². The Morgan fingerprint density at radius 3 is 2.62 bits per heavy atom. The van der Waals surface area contributed by atoms with Crippen molar-refractivity contribution in [3.8, 4) is 5.88 Å². The summed E-state index contributed by atoms with van der Waals surface area (Å²) in [4.78, 5) is 14.7. The molecule has 0 atom stereocenters. The molecular formula is C15H15FN2O3. The summed E-state index contributed by atoms with van der Waals surface area (Å²) in [6.07, 6.45) is 1.65. The fourth-order valence-corrected chi connectivity index (χ4v) is 1.87. The Morgan fingerprint density at radius 2 is 2.00 bits per heavy atom. The van der Waals surface area contributed by atoms with Crippen LogP contribution in [0.25, 0.3) is 0 Å². The topological polar surface area (TPSA) is 71.5 Å². The van der Waals surface area contributed by atoms with Crippen LogP contribution in [0.4, 0.5) is 4.39 Å². The minimum atomic E-state index is -1.27. The predicted molar refractivity (Wildman–Crippen MR) is 74.7 cm³/mol. The molecule has 0 aliphatic carbocycles. The van der Waals surface area contributed by atoms with Gasteiger partial charge in [-0.05, 0) is 29.3 Å². The second-order valence-corrected chi connectivity index (χ2v) is 4.43. The average Bonchev–Trinajstić information content (AvgIpc) is 2.47. The van der Waals surface area contributed by atoms with Gasteiger partial charge in [0.2, 0.25) is 5.88 Å². The van der Waals surface area contributed by atoms with Gasteiger partial charge in [-0.25, -0.2) is 14.2 Å². The van der Waals surface area contributed by atoms with Crippen molar-refractivity contribution in [3.63, 3.8) is 0 Å². The molecule has 1 heterocycles. The zero-order valence-electron chi connectivity index (χ0n) is 11.5. The molecule has 110 valence electrons. The van der Waals surface area contributed by atoms with Crippen LogP contribution in [0.5, 0.6) is 5.88 Å². The zero-order valence-corrected chi connectivity index (χ0v) is 11.5. The van der Waals surface area contributed by atoms with Crippen molar-refractivity contribution in [1.29, 1.82) is 0 Å². The Kier molecular flexibility index (Phi) is 4.84. The number of carboxylic acids is 1. The molecule has 0 saturated carbocycles. The number of nitrogens with zero attached hydrogens (tertiary/aromatic N) is 1. The average molecular weight is 290 g/mol. The van der Waals surface area contributed by atoms with E-state index in [0.29, 0.717) is 24.5 Å². The zero-order chi connectivity index (χ0) is 15.2. The highest BCUT2D eigenvalue weighted by molar-refractivity contribution is 5.87. The van der Waals surface area contributed by atoms with Crippen molar-refractivity contribution in [2.75, 3.05) is 7.11 Å². The highest BCUT2D eigenvalue weighted by Crippen LogP contribution is 2.11. The van der Waals surface area contributed by atoms with E-state index in [-0.39, 0.29) is 5.56 Å². The van der Waals surface area contributed by atoms with Crippen LogP contribution in [0.1, 0.15) is 21.5 Å². The molecule has 0 amide bonds. The molecule has 2 N–H and O–H groups in total. The monoisotopic (exact) mass is 290 g/mol. The number of pyridine rings is 1. The van der Waals surface area contributed by atoms with E-state index < -0.39 is 11.8 Å². The molecule has 21 heavy (non-hydrogen) atoms. The predicted octanol–water partition coefficient (Wildman–Crippen LogP) is 2.22. The first-order valence-electron chi connectivity index (χ1n) is 6.31. The first-order valence-corrected chi connectivity index (χ1v) is 6.31. The fraction of sp³-hybridized carbons (Fsp3) is 0.200. The highest BCUT2D eigenvalue weighted by Gasteiger charge is 2.10. The van der Waals surface area contributed by atoms with Crippen molar-refractivity contribution >= 4 is 5.97 Å². The van der Waals surface area contributed by atoms with E-state index in [1.54, 1.807) is 25.4 Å². The van der Waals surface area contributed by atoms with Crippen LogP contribution in [-0.4, -0.2) is 23.2 Å². The molecule has 0 aliphatic heterocycles. The third-order valence-corrected chi connectivity index (χ3v) is 2.93. The molecular weight excluding hydrogens is 275 g/mol. The molecule has 0 bridgehead atoms. The third-order valence-electron chi connectivity index (χ3n) is 2.93. The van der Waals surface area contributed by atoms with Crippen molar-refractivity contribution < 1.29 is 19.0 Å². The number of methoxy groups -OCH3 is 1. The number of hydrogen-bond donors (Lipinski definition) is 2. The molecule has 0 fully saturated rings. The molecule has 0 spiro atoms. The number of hydrogen-bond acceptors (Lipinski definition) is 4. The van der Waals surface area contributed by atoms with Crippen LogP contribution in [0.15, 0.2) is 36.5 Å². The second-order valence-electron chi connectivity index (χ2n) is 4.43. The van der Waals surface area contributed by atoms with Crippen LogP contribution >= 0.6 is 0 Å². The van der Waals surface area contributed by atoms with E-state index >= 15 is 0 Å². The van der Waals surface area contributed by atoms with Crippen LogP contribution < -0.4 is 10.1 Å². The lowest BCUT2D eigenvalue weighted by Gasteiger charge is -2.07. The molecule has 0 saturated heterocycles. The quantitative estimate of drug-likeness (QED) is 0.853. The summed E-state index contributed by atoms with van der Waals surface area (Å²) >= 11 is 0. The highest BCUT2D eigenvalue weighted by atomic mass is 19.1. The van der Waals surface area contributed by atoms with E-state index in [1.165, 1.54) is 12.1 Å². The summed E-state index contributed by atoms with van der Waals surface area (Å²) < 4.78 is 18.5. The van der Waals surface area contributed by atoms with E-state index in [1.807, 2.05) is 6.07 Å². The minimum absolute atomic E-state index is 0.322. The van der Waals surface area contributed by atoms with Crippen LogP contribution in [0.3, 0.4) is 0 Å². The summed E-state index contributed by atoms with van der Waals surface area (Å²) in [5.74, 6) is -1.46. The number of rotatable bonds is 6. The first-order chi connectivity index (χ1) is 10.1. The summed E-state index contributed by atoms with van der Waals surface area (Å²) in [7, 11) is 1.55. The Morgan fingerprint density at radius 1 is 1.29 bits per heavy atom. The van der Waals surface area contributed by atoms with Gasteiger partial charge in [0.25, 0.3) is 0 Å². The Hall–Kier alpha value is -2.47. The lowest BCUT2D eigenvalue weighted by atomic mass is 10.1. The number of nitrogens with one attached hydrogen (secondary N) is 1. The van der Waals surface area contributed by atoms with Gasteiger partial charge >= 0.3 is 5.97 Å². The number of carbonyl (C=O) groups is 1. The second kappa shape index (κ2) is 6.81. The standard InChI is InChI=1S/C15H15FN2O3/c1-21-14-7-11(4-5-18-14)9-17-8-10-2-3-12(15(19)20)13(16)6-10/h2-7,17H,8-9H2,1H3,(H,19,20). The SMILES string of the molecule is COc1cc(CNCc2ccc(C(=O)O)c(F)c2)ccn1. The molecule has 2 aromatic rings. The number of ether oxygens (including phenoxy) is 1. The Labute approximate surface area is 121 Å². The molecule has 2 rings (SSSR count). The number of benzene rings is 1. The molecule has 5 nitrogen and oxygen atoms in total. The molecule has 0 radical (unpaired) electrons. The maximum absolute atomic E-state index is 13.5. The molecule has 1 aromatic carbocycles. The summed E-state index contributed by atoms with van der Waals surface area (Å²) in [5.41, 5.74) is 1.35.